The molecule has 0 amide bonds. The number of allylic oxidation sites excluding steroid dienone is 3. The summed E-state index contributed by atoms with van der Waals surface area (Å²) < 4.78 is 5.41. The zero-order chi connectivity index (χ0) is 11.5. The smallest absolute Gasteiger partial charge is 0.117 e. The van der Waals surface area contributed by atoms with Gasteiger partial charge in [0.25, 0.3) is 0 Å². The lowest BCUT2D eigenvalue weighted by molar-refractivity contribution is 0.476. The fourth-order valence-corrected chi connectivity index (χ4v) is 2.34. The first-order valence-electron chi connectivity index (χ1n) is 5.06. The highest BCUT2D eigenvalue weighted by Crippen LogP contribution is 2.26. The molecule has 1 heterocycles. The summed E-state index contributed by atoms with van der Waals surface area (Å²) in [5, 5.41) is 10.5. The summed E-state index contributed by atoms with van der Waals surface area (Å²) in [6, 6.07) is 5.36. The first kappa shape index (κ1) is 10.9. The van der Waals surface area contributed by atoms with Crippen LogP contribution in [0.4, 0.5) is 0 Å². The van der Waals surface area contributed by atoms with Gasteiger partial charge in [-0.15, -0.1) is 0 Å². The van der Waals surface area contributed by atoms with Crippen LogP contribution in [0.25, 0.3) is 10.1 Å². The Labute approximate surface area is 98.7 Å². The summed E-state index contributed by atoms with van der Waals surface area (Å²) in [6.07, 6.45) is 4.85. The molecule has 0 aliphatic carbocycles. The minimum Gasteiger partial charge on any atom is -0.508 e. The van der Waals surface area contributed by atoms with Crippen LogP contribution in [0.15, 0.2) is 42.5 Å². The largest absolute Gasteiger partial charge is 0.508 e. The Morgan fingerprint density at radius 2 is 2.38 bits per heavy atom. The number of phenolic OH excluding ortho intramolecular Hbond substituents is 1. The molecular formula is C13H13NOS. The topological polar surface area (TPSA) is 33.1 Å². The molecule has 0 aliphatic heterocycles. The molecule has 16 heavy (non-hydrogen) atoms. The van der Waals surface area contributed by atoms with Gasteiger partial charge in [-0.3, -0.25) is 0 Å². The molecule has 0 saturated heterocycles. The van der Waals surface area contributed by atoms with E-state index in [1.807, 2.05) is 19.1 Å². The summed E-state index contributed by atoms with van der Waals surface area (Å²) in [7, 11) is 0. The molecule has 0 unspecified atom stereocenters. The number of aromatic nitrogens is 1. The average molecular weight is 231 g/mol. The highest BCUT2D eigenvalue weighted by atomic mass is 32.1. The van der Waals surface area contributed by atoms with Crippen LogP contribution in [0.2, 0.25) is 0 Å². The van der Waals surface area contributed by atoms with Gasteiger partial charge in [-0.1, -0.05) is 24.3 Å². The van der Waals surface area contributed by atoms with Crippen molar-refractivity contribution in [3.05, 3.63) is 48.2 Å². The van der Waals surface area contributed by atoms with Crippen molar-refractivity contribution in [1.82, 2.24) is 4.37 Å². The summed E-state index contributed by atoms with van der Waals surface area (Å²) in [4.78, 5) is 0. The summed E-state index contributed by atoms with van der Waals surface area (Å²) >= 11 is 1.42. The van der Waals surface area contributed by atoms with Gasteiger partial charge >= 0.3 is 0 Å². The first-order chi connectivity index (χ1) is 7.66. The summed E-state index contributed by atoms with van der Waals surface area (Å²) in [5.74, 6) is 0.292. The molecule has 0 bridgehead atoms. The van der Waals surface area contributed by atoms with E-state index in [4.69, 9.17) is 0 Å². The number of hydrogen-bond acceptors (Lipinski definition) is 3. The fraction of sp³-hybridized carbons (Fsp3) is 0.154. The third-order valence-electron chi connectivity index (χ3n) is 2.24. The molecule has 0 atom stereocenters. The third kappa shape index (κ3) is 2.31. The molecule has 1 N–H and O–H groups in total. The molecule has 2 nitrogen and oxygen atoms in total. The van der Waals surface area contributed by atoms with Crippen molar-refractivity contribution in [3.8, 4) is 5.75 Å². The Morgan fingerprint density at radius 3 is 3.12 bits per heavy atom. The number of phenols is 1. The van der Waals surface area contributed by atoms with E-state index in [0.717, 1.165) is 27.8 Å². The van der Waals surface area contributed by atoms with Gasteiger partial charge in [0.05, 0.1) is 10.4 Å². The Bertz CT molecular complexity index is 554. The van der Waals surface area contributed by atoms with Gasteiger partial charge in [0, 0.05) is 11.8 Å². The lowest BCUT2D eigenvalue weighted by atomic mass is 10.1. The first-order valence-corrected chi connectivity index (χ1v) is 5.83. The molecule has 0 aliphatic rings. The summed E-state index contributed by atoms with van der Waals surface area (Å²) in [6.45, 7) is 5.78. The average Bonchev–Trinajstić information content (AvgIpc) is 2.60. The van der Waals surface area contributed by atoms with Crippen molar-refractivity contribution in [2.24, 2.45) is 0 Å². The molecule has 1 aromatic heterocycles. The number of hydrogen-bond donors (Lipinski definition) is 1. The molecule has 3 heteroatoms. The lowest BCUT2D eigenvalue weighted by Gasteiger charge is -1.94. The SMILES string of the molecule is C=C(C)C=CCc1nsc2cc(O)ccc12. The molecule has 82 valence electrons. The molecule has 0 spiro atoms. The Morgan fingerprint density at radius 1 is 1.56 bits per heavy atom. The summed E-state index contributed by atoms with van der Waals surface area (Å²) in [5.41, 5.74) is 2.09. The van der Waals surface area contributed by atoms with Gasteiger partial charge in [-0.2, -0.15) is 4.37 Å². The normalized spacial score (nSPS) is 11.3. The van der Waals surface area contributed by atoms with Gasteiger partial charge < -0.3 is 5.11 Å². The van der Waals surface area contributed by atoms with Crippen molar-refractivity contribution in [2.75, 3.05) is 0 Å². The quantitative estimate of drug-likeness (QED) is 0.817. The van der Waals surface area contributed by atoms with Gasteiger partial charge in [0.2, 0.25) is 0 Å². The molecule has 0 saturated carbocycles. The monoisotopic (exact) mass is 231 g/mol. The molecule has 2 aromatic rings. The predicted octanol–water partition coefficient (Wildman–Crippen LogP) is 3.68. The fourth-order valence-electron chi connectivity index (χ4n) is 1.50. The Balaban J connectivity index is 2.28. The van der Waals surface area contributed by atoms with E-state index in [0.29, 0.717) is 5.75 Å². The molecule has 2 rings (SSSR count). The van der Waals surface area contributed by atoms with Gasteiger partial charge in [0.1, 0.15) is 5.75 Å². The van der Waals surface area contributed by atoms with E-state index in [-0.39, 0.29) is 0 Å². The van der Waals surface area contributed by atoms with Gasteiger partial charge in [-0.25, -0.2) is 0 Å². The number of aromatic hydroxyl groups is 1. The van der Waals surface area contributed by atoms with Crippen LogP contribution in [-0.4, -0.2) is 9.48 Å². The zero-order valence-electron chi connectivity index (χ0n) is 9.10. The van der Waals surface area contributed by atoms with Crippen LogP contribution in [0.1, 0.15) is 12.6 Å². The van der Waals surface area contributed by atoms with Gasteiger partial charge in [0.15, 0.2) is 0 Å². The highest BCUT2D eigenvalue weighted by Gasteiger charge is 2.04. The van der Waals surface area contributed by atoms with Crippen molar-refractivity contribution in [2.45, 2.75) is 13.3 Å². The maximum Gasteiger partial charge on any atom is 0.117 e. The standard InChI is InChI=1S/C13H13NOS/c1-9(2)4-3-5-12-11-7-6-10(15)8-13(11)16-14-12/h3-4,6-8,15H,1,5H2,2H3. The van der Waals surface area contributed by atoms with Crippen molar-refractivity contribution in [3.63, 3.8) is 0 Å². The van der Waals surface area contributed by atoms with Crippen LogP contribution in [0.3, 0.4) is 0 Å². The zero-order valence-corrected chi connectivity index (χ0v) is 9.92. The number of fused-ring (bicyclic) bond motifs is 1. The minimum atomic E-state index is 0.292. The van der Waals surface area contributed by atoms with E-state index in [1.54, 1.807) is 12.1 Å². The Hall–Kier alpha value is -1.61. The maximum absolute atomic E-state index is 9.34. The third-order valence-corrected chi connectivity index (χ3v) is 3.09. The Kier molecular flexibility index (Phi) is 3.06. The molecule has 0 radical (unpaired) electrons. The van der Waals surface area contributed by atoms with E-state index in [2.05, 4.69) is 17.0 Å². The number of nitrogens with zero attached hydrogens (tertiary/aromatic N) is 1. The second-order valence-corrected chi connectivity index (χ2v) is 4.57. The minimum absolute atomic E-state index is 0.292. The number of rotatable bonds is 3. The van der Waals surface area contributed by atoms with Crippen molar-refractivity contribution < 1.29 is 5.11 Å². The van der Waals surface area contributed by atoms with Crippen LogP contribution >= 0.6 is 11.5 Å². The van der Waals surface area contributed by atoms with Crippen LogP contribution in [0.5, 0.6) is 5.75 Å². The van der Waals surface area contributed by atoms with Crippen LogP contribution < -0.4 is 0 Å². The van der Waals surface area contributed by atoms with E-state index in [1.165, 1.54) is 11.5 Å². The second kappa shape index (κ2) is 4.49. The van der Waals surface area contributed by atoms with Crippen LogP contribution in [0, 0.1) is 0 Å². The second-order valence-electron chi connectivity index (χ2n) is 3.76. The molecule has 1 aromatic carbocycles. The van der Waals surface area contributed by atoms with Crippen LogP contribution in [-0.2, 0) is 6.42 Å². The predicted molar refractivity (Wildman–Crippen MR) is 68.9 cm³/mol. The van der Waals surface area contributed by atoms with Crippen molar-refractivity contribution in [1.29, 1.82) is 0 Å². The van der Waals surface area contributed by atoms with Gasteiger partial charge in [-0.05, 0) is 36.7 Å². The lowest BCUT2D eigenvalue weighted by Crippen LogP contribution is -1.80. The highest BCUT2D eigenvalue weighted by molar-refractivity contribution is 7.13. The number of benzene rings is 1. The maximum atomic E-state index is 9.34. The molecule has 0 fully saturated rings. The van der Waals surface area contributed by atoms with E-state index in [9.17, 15) is 5.11 Å². The molecular weight excluding hydrogens is 218 g/mol. The van der Waals surface area contributed by atoms with Crippen molar-refractivity contribution >= 4 is 21.6 Å². The van der Waals surface area contributed by atoms with E-state index < -0.39 is 0 Å². The van der Waals surface area contributed by atoms with E-state index >= 15 is 0 Å².